The molecule has 2 saturated heterocycles. The van der Waals surface area contributed by atoms with Crippen LogP contribution in [0.2, 0.25) is 0 Å². The predicted octanol–water partition coefficient (Wildman–Crippen LogP) is 2.02. The van der Waals surface area contributed by atoms with Gasteiger partial charge in [0.1, 0.15) is 11.8 Å². The van der Waals surface area contributed by atoms with E-state index in [9.17, 15) is 24.6 Å². The minimum absolute atomic E-state index is 0.0106. The zero-order valence-corrected chi connectivity index (χ0v) is 16.1. The highest BCUT2D eigenvalue weighted by atomic mass is 16.4. The zero-order chi connectivity index (χ0) is 20.1. The van der Waals surface area contributed by atoms with Crippen molar-refractivity contribution in [2.75, 3.05) is 19.6 Å². The number of rotatable bonds is 3. The summed E-state index contributed by atoms with van der Waals surface area (Å²) in [6.45, 7) is 3.35. The van der Waals surface area contributed by atoms with E-state index in [2.05, 4.69) is 0 Å². The second-order valence-corrected chi connectivity index (χ2v) is 8.59. The van der Waals surface area contributed by atoms with E-state index in [1.54, 1.807) is 28.9 Å². The van der Waals surface area contributed by atoms with Crippen molar-refractivity contribution in [2.24, 2.45) is 11.3 Å². The van der Waals surface area contributed by atoms with Gasteiger partial charge in [0.05, 0.1) is 0 Å². The lowest BCUT2D eigenvalue weighted by atomic mass is 9.76. The molecule has 4 rings (SSSR count). The minimum Gasteiger partial charge on any atom is -0.508 e. The Morgan fingerprint density at radius 1 is 1.14 bits per heavy atom. The topological polar surface area (TPSA) is 98.2 Å². The molecule has 1 aromatic carbocycles. The molecule has 0 aromatic heterocycles. The molecule has 3 fully saturated rings. The standard InChI is InChI=1S/C21H26N2O5/c1-13-10-15(4-5-17(13)24)18(25)22-8-6-21(7-9-22)11-16(20(27)28)23(12-21)19(26)14-2-3-14/h4-5,10,14,16,24H,2-3,6-9,11-12H2,1H3,(H,27,28). The summed E-state index contributed by atoms with van der Waals surface area (Å²) in [6.07, 6.45) is 3.61. The van der Waals surface area contributed by atoms with Crippen LogP contribution in [0, 0.1) is 18.3 Å². The molecule has 150 valence electrons. The van der Waals surface area contributed by atoms with Crippen LogP contribution in [0.15, 0.2) is 18.2 Å². The van der Waals surface area contributed by atoms with Crippen molar-refractivity contribution in [3.05, 3.63) is 29.3 Å². The van der Waals surface area contributed by atoms with Crippen LogP contribution in [-0.4, -0.2) is 63.5 Å². The van der Waals surface area contributed by atoms with Crippen molar-refractivity contribution >= 4 is 17.8 Å². The van der Waals surface area contributed by atoms with Crippen LogP contribution in [0.3, 0.4) is 0 Å². The van der Waals surface area contributed by atoms with Crippen molar-refractivity contribution < 1.29 is 24.6 Å². The zero-order valence-electron chi connectivity index (χ0n) is 16.1. The first-order chi connectivity index (χ1) is 13.3. The molecule has 2 N–H and O–H groups in total. The summed E-state index contributed by atoms with van der Waals surface area (Å²) in [5, 5.41) is 19.3. The number of hydrogen-bond donors (Lipinski definition) is 2. The molecule has 3 aliphatic rings. The van der Waals surface area contributed by atoms with Gasteiger partial charge >= 0.3 is 5.97 Å². The monoisotopic (exact) mass is 386 g/mol. The maximum Gasteiger partial charge on any atom is 0.326 e. The highest BCUT2D eigenvalue weighted by Gasteiger charge is 2.52. The smallest absolute Gasteiger partial charge is 0.326 e. The van der Waals surface area contributed by atoms with Crippen molar-refractivity contribution in [3.8, 4) is 5.75 Å². The maximum absolute atomic E-state index is 12.8. The Bertz CT molecular complexity index is 824. The fourth-order valence-corrected chi connectivity index (χ4v) is 4.59. The Balaban J connectivity index is 1.44. The first-order valence-corrected chi connectivity index (χ1v) is 9.92. The first-order valence-electron chi connectivity index (χ1n) is 9.92. The molecule has 1 aliphatic carbocycles. The van der Waals surface area contributed by atoms with E-state index in [1.807, 2.05) is 0 Å². The largest absolute Gasteiger partial charge is 0.508 e. The highest BCUT2D eigenvalue weighted by molar-refractivity contribution is 5.94. The number of carbonyl (C=O) groups excluding carboxylic acids is 2. The fourth-order valence-electron chi connectivity index (χ4n) is 4.59. The Kier molecular flexibility index (Phi) is 4.56. The molecule has 1 unspecified atom stereocenters. The first kappa shape index (κ1) is 18.8. The van der Waals surface area contributed by atoms with Gasteiger partial charge in [0.25, 0.3) is 5.91 Å². The van der Waals surface area contributed by atoms with Gasteiger partial charge in [0.2, 0.25) is 5.91 Å². The number of likely N-dealkylation sites (tertiary alicyclic amines) is 2. The van der Waals surface area contributed by atoms with Gasteiger partial charge in [-0.3, -0.25) is 9.59 Å². The average Bonchev–Trinajstić information content (AvgIpc) is 3.46. The summed E-state index contributed by atoms with van der Waals surface area (Å²) >= 11 is 0. The van der Waals surface area contributed by atoms with Crippen LogP contribution in [0.25, 0.3) is 0 Å². The molecule has 7 heteroatoms. The summed E-state index contributed by atoms with van der Waals surface area (Å²) in [6, 6.07) is 4.11. The number of aliphatic carboxylic acids is 1. The lowest BCUT2D eigenvalue weighted by Gasteiger charge is -2.39. The molecular weight excluding hydrogens is 360 g/mol. The van der Waals surface area contributed by atoms with Gasteiger partial charge < -0.3 is 20.0 Å². The number of nitrogens with zero attached hydrogens (tertiary/aromatic N) is 2. The Labute approximate surface area is 163 Å². The summed E-state index contributed by atoms with van der Waals surface area (Å²) in [7, 11) is 0. The van der Waals surface area contributed by atoms with Crippen LogP contribution in [0.5, 0.6) is 5.75 Å². The number of aromatic hydroxyl groups is 1. The van der Waals surface area contributed by atoms with Crippen LogP contribution >= 0.6 is 0 Å². The second kappa shape index (κ2) is 6.79. The van der Waals surface area contributed by atoms with Gasteiger partial charge in [-0.1, -0.05) is 0 Å². The van der Waals surface area contributed by atoms with Crippen LogP contribution in [-0.2, 0) is 9.59 Å². The lowest BCUT2D eigenvalue weighted by Crippen LogP contribution is -2.45. The predicted molar refractivity (Wildman–Crippen MR) is 101 cm³/mol. The van der Waals surface area contributed by atoms with Gasteiger partial charge in [0.15, 0.2) is 0 Å². The normalized spacial score (nSPS) is 23.8. The quantitative estimate of drug-likeness (QED) is 0.828. The number of carboxylic acids is 1. The highest BCUT2D eigenvalue weighted by Crippen LogP contribution is 2.45. The summed E-state index contributed by atoms with van der Waals surface area (Å²) in [5.74, 6) is -0.834. The SMILES string of the molecule is Cc1cc(C(=O)N2CCC3(CC2)CC(C(=O)O)N(C(=O)C2CC2)C3)ccc1O. The van der Waals surface area contributed by atoms with Crippen LogP contribution in [0.1, 0.15) is 48.0 Å². The summed E-state index contributed by atoms with van der Waals surface area (Å²) in [5.41, 5.74) is 0.996. The number of amides is 2. The number of phenols is 1. The summed E-state index contributed by atoms with van der Waals surface area (Å²) < 4.78 is 0. The van der Waals surface area contributed by atoms with Gasteiger partial charge in [-0.2, -0.15) is 0 Å². The van der Waals surface area contributed by atoms with Crippen molar-refractivity contribution in [2.45, 2.75) is 45.1 Å². The number of carbonyl (C=O) groups is 3. The average molecular weight is 386 g/mol. The Morgan fingerprint density at radius 3 is 2.39 bits per heavy atom. The van der Waals surface area contributed by atoms with Gasteiger partial charge in [-0.05, 0) is 68.2 Å². The molecule has 2 aliphatic heterocycles. The maximum atomic E-state index is 12.8. The van der Waals surface area contributed by atoms with Gasteiger partial charge in [-0.25, -0.2) is 4.79 Å². The van der Waals surface area contributed by atoms with Crippen LogP contribution in [0.4, 0.5) is 0 Å². The number of piperidine rings is 1. The molecule has 2 heterocycles. The van der Waals surface area contributed by atoms with Gasteiger partial charge in [0, 0.05) is 31.1 Å². The van der Waals surface area contributed by atoms with Crippen molar-refractivity contribution in [3.63, 3.8) is 0 Å². The van der Waals surface area contributed by atoms with Gasteiger partial charge in [-0.15, -0.1) is 0 Å². The number of phenolic OH excluding ortho intramolecular Hbond substituents is 1. The molecule has 1 saturated carbocycles. The Hall–Kier alpha value is -2.57. The molecule has 0 bridgehead atoms. The van der Waals surface area contributed by atoms with E-state index < -0.39 is 12.0 Å². The Morgan fingerprint density at radius 2 is 1.82 bits per heavy atom. The second-order valence-electron chi connectivity index (χ2n) is 8.59. The third-order valence-electron chi connectivity index (χ3n) is 6.56. The number of aryl methyl sites for hydroxylation is 1. The van der Waals surface area contributed by atoms with E-state index in [1.165, 1.54) is 6.07 Å². The van der Waals surface area contributed by atoms with E-state index in [4.69, 9.17) is 0 Å². The third-order valence-corrected chi connectivity index (χ3v) is 6.56. The molecule has 28 heavy (non-hydrogen) atoms. The third kappa shape index (κ3) is 3.34. The molecule has 1 aromatic rings. The number of hydrogen-bond acceptors (Lipinski definition) is 4. The molecule has 1 spiro atoms. The molecule has 7 nitrogen and oxygen atoms in total. The van der Waals surface area contributed by atoms with E-state index in [0.717, 1.165) is 12.8 Å². The number of carboxylic acid groups (broad SMARTS) is 1. The molecule has 1 atom stereocenters. The lowest BCUT2D eigenvalue weighted by molar-refractivity contribution is -0.148. The molecule has 0 radical (unpaired) electrons. The van der Waals surface area contributed by atoms with Crippen molar-refractivity contribution in [1.29, 1.82) is 0 Å². The number of benzene rings is 1. The van der Waals surface area contributed by atoms with E-state index in [-0.39, 0.29) is 28.9 Å². The minimum atomic E-state index is -0.927. The van der Waals surface area contributed by atoms with Crippen molar-refractivity contribution in [1.82, 2.24) is 9.80 Å². The van der Waals surface area contributed by atoms with E-state index >= 15 is 0 Å². The summed E-state index contributed by atoms with van der Waals surface area (Å²) in [4.78, 5) is 40.4. The molecular formula is C21H26N2O5. The fraction of sp³-hybridized carbons (Fsp3) is 0.571. The molecule has 2 amide bonds. The van der Waals surface area contributed by atoms with Crippen LogP contribution < -0.4 is 0 Å². The van der Waals surface area contributed by atoms with E-state index in [0.29, 0.717) is 50.0 Å².